The third kappa shape index (κ3) is 2.81. The summed E-state index contributed by atoms with van der Waals surface area (Å²) in [7, 11) is 0. The summed E-state index contributed by atoms with van der Waals surface area (Å²) in [6.45, 7) is 3.80. The largest absolute Gasteiger partial charge is 0.444 e. The van der Waals surface area contributed by atoms with E-state index in [0.29, 0.717) is 5.92 Å². The summed E-state index contributed by atoms with van der Waals surface area (Å²) in [5.41, 5.74) is 0. The summed E-state index contributed by atoms with van der Waals surface area (Å²) in [4.78, 5) is 4.30. The van der Waals surface area contributed by atoms with Crippen LogP contribution in [0.25, 0.3) is 0 Å². The molecule has 1 fully saturated rings. The van der Waals surface area contributed by atoms with Gasteiger partial charge in [-0.2, -0.15) is 0 Å². The van der Waals surface area contributed by atoms with Crippen molar-refractivity contribution in [3.8, 4) is 0 Å². The molecule has 1 heterocycles. The molecule has 0 spiro atoms. The highest BCUT2D eigenvalue weighted by Gasteiger charge is 2.19. The average Bonchev–Trinajstić information content (AvgIpc) is 2.76. The molecule has 3 heteroatoms. The predicted octanol–water partition coefficient (Wildman–Crippen LogP) is 2.83. The van der Waals surface area contributed by atoms with Crippen LogP contribution in [0.1, 0.15) is 56.6 Å². The Morgan fingerprint density at radius 3 is 2.93 bits per heavy atom. The van der Waals surface area contributed by atoms with Crippen LogP contribution in [0.4, 0.5) is 0 Å². The Morgan fingerprint density at radius 2 is 2.20 bits per heavy atom. The molecule has 0 bridgehead atoms. The summed E-state index contributed by atoms with van der Waals surface area (Å²) in [6, 6.07) is 0. The maximum Gasteiger partial charge on any atom is 0.208 e. The molecule has 1 aromatic heterocycles. The Balaban J connectivity index is 1.93. The molecule has 0 atom stereocenters. The summed E-state index contributed by atoms with van der Waals surface area (Å²) < 4.78 is 5.75. The van der Waals surface area contributed by atoms with Crippen LogP contribution in [0.5, 0.6) is 0 Å². The van der Waals surface area contributed by atoms with Gasteiger partial charge in [0.1, 0.15) is 5.76 Å². The predicted molar refractivity (Wildman–Crippen MR) is 59.7 cm³/mol. The monoisotopic (exact) mass is 208 g/mol. The lowest BCUT2D eigenvalue weighted by Gasteiger charge is -2.18. The van der Waals surface area contributed by atoms with Crippen LogP contribution in [-0.4, -0.2) is 11.5 Å². The number of hydrogen-bond acceptors (Lipinski definition) is 3. The first-order valence-electron chi connectivity index (χ1n) is 6.05. The van der Waals surface area contributed by atoms with Crippen molar-refractivity contribution in [1.29, 1.82) is 0 Å². The zero-order valence-corrected chi connectivity index (χ0v) is 9.46. The fourth-order valence-electron chi connectivity index (χ4n) is 2.21. The number of nitrogens with zero attached hydrogens (tertiary/aromatic N) is 1. The van der Waals surface area contributed by atoms with Gasteiger partial charge in [0.25, 0.3) is 0 Å². The lowest BCUT2D eigenvalue weighted by molar-refractivity contribution is 0.355. The molecule has 1 N–H and O–H groups in total. The Morgan fingerprint density at radius 1 is 1.40 bits per heavy atom. The Hall–Kier alpha value is -0.830. The fraction of sp³-hybridized carbons (Fsp3) is 0.750. The van der Waals surface area contributed by atoms with E-state index < -0.39 is 0 Å². The van der Waals surface area contributed by atoms with Crippen molar-refractivity contribution in [2.75, 3.05) is 6.54 Å². The van der Waals surface area contributed by atoms with Gasteiger partial charge in [0.2, 0.25) is 5.89 Å². The number of rotatable bonds is 4. The second-order valence-corrected chi connectivity index (χ2v) is 4.27. The van der Waals surface area contributed by atoms with Crippen molar-refractivity contribution in [2.24, 2.45) is 0 Å². The van der Waals surface area contributed by atoms with Gasteiger partial charge in [-0.1, -0.05) is 26.2 Å². The number of nitrogens with one attached hydrogen (secondary N) is 1. The van der Waals surface area contributed by atoms with Crippen molar-refractivity contribution >= 4 is 0 Å². The molecular formula is C12H20N2O. The van der Waals surface area contributed by atoms with Gasteiger partial charge >= 0.3 is 0 Å². The van der Waals surface area contributed by atoms with Gasteiger partial charge in [-0.15, -0.1) is 0 Å². The highest BCUT2D eigenvalue weighted by molar-refractivity contribution is 5.02. The van der Waals surface area contributed by atoms with Crippen molar-refractivity contribution in [3.05, 3.63) is 17.8 Å². The molecule has 1 aromatic rings. The molecule has 1 aliphatic carbocycles. The Kier molecular flexibility index (Phi) is 3.78. The SMILES string of the molecule is CCNCc1ncc(C2CCCCC2)o1. The standard InChI is InChI=1S/C12H20N2O/c1-2-13-9-12-14-8-11(15-12)10-6-4-3-5-7-10/h8,10,13H,2-7,9H2,1H3. The lowest BCUT2D eigenvalue weighted by Crippen LogP contribution is -2.11. The third-order valence-corrected chi connectivity index (χ3v) is 3.11. The molecule has 15 heavy (non-hydrogen) atoms. The van der Waals surface area contributed by atoms with Crippen molar-refractivity contribution < 1.29 is 4.42 Å². The lowest BCUT2D eigenvalue weighted by atomic mass is 9.88. The molecule has 0 radical (unpaired) electrons. The van der Waals surface area contributed by atoms with Crippen LogP contribution in [0.15, 0.2) is 10.6 Å². The van der Waals surface area contributed by atoms with Gasteiger partial charge in [-0.05, 0) is 19.4 Å². The average molecular weight is 208 g/mol. The highest BCUT2D eigenvalue weighted by atomic mass is 16.4. The molecule has 2 rings (SSSR count). The van der Waals surface area contributed by atoms with Gasteiger partial charge in [0, 0.05) is 5.92 Å². The summed E-state index contributed by atoms with van der Waals surface area (Å²) >= 11 is 0. The van der Waals surface area contributed by atoms with Gasteiger partial charge in [0.05, 0.1) is 12.7 Å². The first-order chi connectivity index (χ1) is 7.40. The number of oxazole rings is 1. The van der Waals surface area contributed by atoms with Gasteiger partial charge in [0.15, 0.2) is 0 Å². The zero-order chi connectivity index (χ0) is 10.5. The van der Waals surface area contributed by atoms with E-state index in [1.165, 1.54) is 32.1 Å². The van der Waals surface area contributed by atoms with Crippen molar-refractivity contribution in [3.63, 3.8) is 0 Å². The molecule has 0 aliphatic heterocycles. The van der Waals surface area contributed by atoms with Crippen LogP contribution >= 0.6 is 0 Å². The summed E-state index contributed by atoms with van der Waals surface area (Å²) in [6.07, 6.45) is 8.53. The first kappa shape index (κ1) is 10.7. The van der Waals surface area contributed by atoms with Crippen LogP contribution in [0.3, 0.4) is 0 Å². The molecule has 84 valence electrons. The van der Waals surface area contributed by atoms with E-state index in [4.69, 9.17) is 4.42 Å². The Labute approximate surface area is 91.3 Å². The minimum absolute atomic E-state index is 0.627. The Bertz CT molecular complexity index is 290. The number of aromatic nitrogens is 1. The second kappa shape index (κ2) is 5.31. The second-order valence-electron chi connectivity index (χ2n) is 4.27. The minimum Gasteiger partial charge on any atom is -0.444 e. The molecule has 1 saturated carbocycles. The third-order valence-electron chi connectivity index (χ3n) is 3.11. The minimum atomic E-state index is 0.627. The molecular weight excluding hydrogens is 188 g/mol. The maximum atomic E-state index is 5.75. The molecule has 0 saturated heterocycles. The molecule has 0 aromatic carbocycles. The van der Waals surface area contributed by atoms with Crippen LogP contribution < -0.4 is 5.32 Å². The van der Waals surface area contributed by atoms with E-state index in [1.807, 2.05) is 6.20 Å². The van der Waals surface area contributed by atoms with Crippen LogP contribution in [0, 0.1) is 0 Å². The van der Waals surface area contributed by atoms with E-state index in [1.54, 1.807) is 0 Å². The van der Waals surface area contributed by atoms with Gasteiger partial charge in [-0.25, -0.2) is 4.98 Å². The fourth-order valence-corrected chi connectivity index (χ4v) is 2.21. The molecule has 0 unspecified atom stereocenters. The quantitative estimate of drug-likeness (QED) is 0.826. The number of hydrogen-bond donors (Lipinski definition) is 1. The molecule has 0 amide bonds. The molecule has 3 nitrogen and oxygen atoms in total. The van der Waals surface area contributed by atoms with E-state index in [9.17, 15) is 0 Å². The zero-order valence-electron chi connectivity index (χ0n) is 9.46. The van der Waals surface area contributed by atoms with Crippen LogP contribution in [0.2, 0.25) is 0 Å². The molecule has 1 aliphatic rings. The smallest absolute Gasteiger partial charge is 0.208 e. The van der Waals surface area contributed by atoms with E-state index in [-0.39, 0.29) is 0 Å². The van der Waals surface area contributed by atoms with Crippen LogP contribution in [-0.2, 0) is 6.54 Å². The highest BCUT2D eigenvalue weighted by Crippen LogP contribution is 2.32. The summed E-state index contributed by atoms with van der Waals surface area (Å²) in [5, 5.41) is 3.22. The first-order valence-corrected chi connectivity index (χ1v) is 6.05. The van der Waals surface area contributed by atoms with E-state index in [2.05, 4.69) is 17.2 Å². The summed E-state index contributed by atoms with van der Waals surface area (Å²) in [5.74, 6) is 2.56. The van der Waals surface area contributed by atoms with Crippen molar-refractivity contribution in [1.82, 2.24) is 10.3 Å². The topological polar surface area (TPSA) is 38.1 Å². The van der Waals surface area contributed by atoms with Crippen molar-refractivity contribution in [2.45, 2.75) is 51.5 Å². The van der Waals surface area contributed by atoms with E-state index >= 15 is 0 Å². The van der Waals surface area contributed by atoms with Gasteiger partial charge < -0.3 is 9.73 Å². The van der Waals surface area contributed by atoms with Gasteiger partial charge in [-0.3, -0.25) is 0 Å². The maximum absolute atomic E-state index is 5.75. The van der Waals surface area contributed by atoms with E-state index in [0.717, 1.165) is 24.7 Å². The normalized spacial score (nSPS) is 18.2.